The van der Waals surface area contributed by atoms with Crippen molar-refractivity contribution >= 4 is 11.6 Å². The molecule has 0 spiro atoms. The molecule has 1 aliphatic heterocycles. The molecule has 19 heavy (non-hydrogen) atoms. The highest BCUT2D eigenvalue weighted by molar-refractivity contribution is 5.92. The van der Waals surface area contributed by atoms with Gasteiger partial charge in [-0.3, -0.25) is 4.79 Å². The number of pyridine rings is 1. The molecule has 1 fully saturated rings. The van der Waals surface area contributed by atoms with Gasteiger partial charge in [-0.25, -0.2) is 4.98 Å². The van der Waals surface area contributed by atoms with Crippen molar-refractivity contribution in [2.45, 2.75) is 19.3 Å². The summed E-state index contributed by atoms with van der Waals surface area (Å²) in [4.78, 5) is 18.4. The van der Waals surface area contributed by atoms with Gasteiger partial charge in [0.25, 0.3) is 5.91 Å². The minimum absolute atomic E-state index is 0.0975. The van der Waals surface area contributed by atoms with Crippen LogP contribution in [0.3, 0.4) is 0 Å². The topological polar surface area (TPSA) is 57.3 Å². The van der Waals surface area contributed by atoms with Crippen molar-refractivity contribution < 1.29 is 4.79 Å². The number of rotatable bonds is 5. The minimum atomic E-state index is -0.0975. The number of nitrogens with zero attached hydrogens (tertiary/aromatic N) is 2. The van der Waals surface area contributed by atoms with Crippen LogP contribution in [-0.4, -0.2) is 49.0 Å². The molecule has 0 radical (unpaired) electrons. The summed E-state index contributed by atoms with van der Waals surface area (Å²) in [5.74, 6) is -0.0975. The number of anilines is 1. The average Bonchev–Trinajstić information content (AvgIpc) is 2.48. The van der Waals surface area contributed by atoms with Crippen LogP contribution in [-0.2, 0) is 0 Å². The molecule has 0 bridgehead atoms. The average molecular weight is 262 g/mol. The normalized spacial score (nSPS) is 16.1. The minimum Gasteiger partial charge on any atom is -0.387 e. The van der Waals surface area contributed by atoms with E-state index in [1.54, 1.807) is 12.3 Å². The number of nitrogens with one attached hydrogen (secondary N) is 2. The van der Waals surface area contributed by atoms with Gasteiger partial charge in [-0.05, 0) is 38.1 Å². The van der Waals surface area contributed by atoms with E-state index < -0.39 is 0 Å². The van der Waals surface area contributed by atoms with Crippen LogP contribution in [0, 0.1) is 0 Å². The molecule has 104 valence electrons. The van der Waals surface area contributed by atoms with Gasteiger partial charge in [-0.15, -0.1) is 0 Å². The number of amides is 1. The molecule has 0 aliphatic carbocycles. The van der Waals surface area contributed by atoms with Crippen LogP contribution in [0.1, 0.15) is 29.8 Å². The van der Waals surface area contributed by atoms with Crippen molar-refractivity contribution in [2.24, 2.45) is 0 Å². The number of aromatic nitrogens is 1. The lowest BCUT2D eigenvalue weighted by Crippen LogP contribution is -2.37. The van der Waals surface area contributed by atoms with E-state index in [1.807, 2.05) is 13.1 Å². The van der Waals surface area contributed by atoms with Gasteiger partial charge in [0, 0.05) is 20.1 Å². The van der Waals surface area contributed by atoms with Crippen molar-refractivity contribution in [3.63, 3.8) is 0 Å². The molecule has 0 unspecified atom stereocenters. The van der Waals surface area contributed by atoms with Gasteiger partial charge in [0.1, 0.15) is 5.69 Å². The highest BCUT2D eigenvalue weighted by atomic mass is 16.1. The van der Waals surface area contributed by atoms with Gasteiger partial charge in [-0.2, -0.15) is 0 Å². The largest absolute Gasteiger partial charge is 0.387 e. The lowest BCUT2D eigenvalue weighted by Gasteiger charge is -2.26. The Labute approximate surface area is 114 Å². The summed E-state index contributed by atoms with van der Waals surface area (Å²) in [6, 6.07) is 3.59. The van der Waals surface area contributed by atoms with E-state index in [4.69, 9.17) is 0 Å². The molecule has 0 aromatic carbocycles. The first kappa shape index (κ1) is 13.8. The third-order valence-electron chi connectivity index (χ3n) is 3.45. The van der Waals surface area contributed by atoms with Gasteiger partial charge in [0.15, 0.2) is 0 Å². The highest BCUT2D eigenvalue weighted by Gasteiger charge is 2.11. The Balaban J connectivity index is 1.73. The molecule has 5 heteroatoms. The third kappa shape index (κ3) is 4.21. The number of carbonyl (C=O) groups is 1. The summed E-state index contributed by atoms with van der Waals surface area (Å²) < 4.78 is 0. The van der Waals surface area contributed by atoms with Gasteiger partial charge >= 0.3 is 0 Å². The Morgan fingerprint density at radius 3 is 2.74 bits per heavy atom. The second-order valence-electron chi connectivity index (χ2n) is 4.84. The Morgan fingerprint density at radius 1 is 1.32 bits per heavy atom. The van der Waals surface area contributed by atoms with Crippen molar-refractivity contribution in [2.75, 3.05) is 38.5 Å². The van der Waals surface area contributed by atoms with Crippen LogP contribution in [0.4, 0.5) is 5.69 Å². The summed E-state index contributed by atoms with van der Waals surface area (Å²) in [5, 5.41) is 5.90. The van der Waals surface area contributed by atoms with Crippen molar-refractivity contribution in [1.29, 1.82) is 0 Å². The molecule has 1 aromatic heterocycles. The molecule has 1 aliphatic rings. The Morgan fingerprint density at radius 2 is 2.11 bits per heavy atom. The zero-order chi connectivity index (χ0) is 13.5. The zero-order valence-corrected chi connectivity index (χ0v) is 11.5. The summed E-state index contributed by atoms with van der Waals surface area (Å²) in [6.45, 7) is 3.94. The van der Waals surface area contributed by atoms with Gasteiger partial charge < -0.3 is 15.5 Å². The SMILES string of the molecule is CNc1ccc(C(=O)NCCN2CCCCC2)nc1. The molecule has 1 saturated heterocycles. The highest BCUT2D eigenvalue weighted by Crippen LogP contribution is 2.07. The molecule has 2 N–H and O–H groups in total. The molecular weight excluding hydrogens is 240 g/mol. The standard InChI is InChI=1S/C14H22N4O/c1-15-12-5-6-13(17-11-12)14(19)16-7-10-18-8-3-2-4-9-18/h5-6,11,15H,2-4,7-10H2,1H3,(H,16,19). The fraction of sp³-hybridized carbons (Fsp3) is 0.571. The second kappa shape index (κ2) is 7.09. The monoisotopic (exact) mass is 262 g/mol. The molecule has 2 heterocycles. The fourth-order valence-corrected chi connectivity index (χ4v) is 2.28. The summed E-state index contributed by atoms with van der Waals surface area (Å²) in [6.07, 6.45) is 5.56. The Hall–Kier alpha value is -1.62. The van der Waals surface area contributed by atoms with Crippen molar-refractivity contribution in [3.05, 3.63) is 24.0 Å². The van der Waals surface area contributed by atoms with Crippen LogP contribution in [0.25, 0.3) is 0 Å². The Kier molecular flexibility index (Phi) is 5.15. The van der Waals surface area contributed by atoms with E-state index in [2.05, 4.69) is 20.5 Å². The van der Waals surface area contributed by atoms with E-state index >= 15 is 0 Å². The summed E-state index contributed by atoms with van der Waals surface area (Å²) >= 11 is 0. The summed E-state index contributed by atoms with van der Waals surface area (Å²) in [5.41, 5.74) is 1.38. The fourth-order valence-electron chi connectivity index (χ4n) is 2.28. The maximum atomic E-state index is 11.9. The molecule has 1 aromatic rings. The van der Waals surface area contributed by atoms with E-state index in [1.165, 1.54) is 19.3 Å². The predicted octanol–water partition coefficient (Wildman–Crippen LogP) is 1.34. The zero-order valence-electron chi connectivity index (χ0n) is 11.5. The van der Waals surface area contributed by atoms with Crippen LogP contribution in [0.2, 0.25) is 0 Å². The van der Waals surface area contributed by atoms with Crippen molar-refractivity contribution in [1.82, 2.24) is 15.2 Å². The van der Waals surface area contributed by atoms with Gasteiger partial charge in [-0.1, -0.05) is 6.42 Å². The number of piperidine rings is 1. The molecule has 0 saturated carbocycles. The van der Waals surface area contributed by atoms with Gasteiger partial charge in [0.05, 0.1) is 11.9 Å². The van der Waals surface area contributed by atoms with E-state index in [0.29, 0.717) is 12.2 Å². The first-order valence-electron chi connectivity index (χ1n) is 6.94. The van der Waals surface area contributed by atoms with Gasteiger partial charge in [0.2, 0.25) is 0 Å². The number of carbonyl (C=O) groups excluding carboxylic acids is 1. The number of hydrogen-bond acceptors (Lipinski definition) is 4. The molecule has 1 amide bonds. The summed E-state index contributed by atoms with van der Waals surface area (Å²) in [7, 11) is 1.83. The first-order chi connectivity index (χ1) is 9.29. The van der Waals surface area contributed by atoms with Crippen LogP contribution in [0.5, 0.6) is 0 Å². The first-order valence-corrected chi connectivity index (χ1v) is 6.94. The van der Waals surface area contributed by atoms with E-state index in [9.17, 15) is 4.79 Å². The van der Waals surface area contributed by atoms with Crippen LogP contribution < -0.4 is 10.6 Å². The lowest BCUT2D eigenvalue weighted by molar-refractivity contribution is 0.0941. The molecular formula is C14H22N4O. The molecule has 0 atom stereocenters. The third-order valence-corrected chi connectivity index (χ3v) is 3.45. The maximum absolute atomic E-state index is 11.9. The van der Waals surface area contributed by atoms with Crippen LogP contribution >= 0.6 is 0 Å². The van der Waals surface area contributed by atoms with Crippen molar-refractivity contribution in [3.8, 4) is 0 Å². The van der Waals surface area contributed by atoms with Crippen LogP contribution in [0.15, 0.2) is 18.3 Å². The molecule has 2 rings (SSSR count). The van der Waals surface area contributed by atoms with E-state index in [-0.39, 0.29) is 5.91 Å². The predicted molar refractivity (Wildman–Crippen MR) is 76.4 cm³/mol. The maximum Gasteiger partial charge on any atom is 0.269 e. The number of likely N-dealkylation sites (tertiary alicyclic amines) is 1. The number of hydrogen-bond donors (Lipinski definition) is 2. The van der Waals surface area contributed by atoms with E-state index in [0.717, 1.165) is 25.3 Å². The lowest BCUT2D eigenvalue weighted by atomic mass is 10.1. The quantitative estimate of drug-likeness (QED) is 0.841. The molecule has 5 nitrogen and oxygen atoms in total. The Bertz CT molecular complexity index is 398. The second-order valence-corrected chi connectivity index (χ2v) is 4.84. The smallest absolute Gasteiger partial charge is 0.269 e.